The van der Waals surface area contributed by atoms with Crippen molar-refractivity contribution in [1.29, 1.82) is 0 Å². The fourth-order valence-corrected chi connectivity index (χ4v) is 2.98. The molecular weight excluding hydrogens is 347 g/mol. The Morgan fingerprint density at radius 2 is 1.89 bits per heavy atom. The standard InChI is InChI=1S/C21H21FN2O3/c1-3-10-24(21(26)14-4-6-17(22)7-5-14)13-16-11-15-12-18(27-2)8-9-19(15)23-20(16)25/h4-9,11-12H,3,10,13H2,1-2H3,(H,23,25). The van der Waals surface area contributed by atoms with Crippen LogP contribution < -0.4 is 10.3 Å². The third-order valence-corrected chi connectivity index (χ3v) is 4.36. The zero-order valence-corrected chi connectivity index (χ0v) is 15.3. The fourth-order valence-electron chi connectivity index (χ4n) is 2.98. The molecule has 0 aliphatic carbocycles. The van der Waals surface area contributed by atoms with Gasteiger partial charge in [-0.05, 0) is 55.0 Å². The van der Waals surface area contributed by atoms with Gasteiger partial charge in [0.1, 0.15) is 11.6 Å². The van der Waals surface area contributed by atoms with Crippen LogP contribution in [0.1, 0.15) is 29.3 Å². The number of carbonyl (C=O) groups excluding carboxylic acids is 1. The Hall–Kier alpha value is -3.15. The highest BCUT2D eigenvalue weighted by Gasteiger charge is 2.17. The molecule has 1 heterocycles. The van der Waals surface area contributed by atoms with Gasteiger partial charge < -0.3 is 14.6 Å². The molecular formula is C21H21FN2O3. The summed E-state index contributed by atoms with van der Waals surface area (Å²) in [6.07, 6.45) is 0.742. The average molecular weight is 368 g/mol. The molecule has 0 aliphatic rings. The summed E-state index contributed by atoms with van der Waals surface area (Å²) < 4.78 is 18.4. The van der Waals surface area contributed by atoms with E-state index in [0.717, 1.165) is 11.8 Å². The van der Waals surface area contributed by atoms with Crippen molar-refractivity contribution in [1.82, 2.24) is 9.88 Å². The minimum absolute atomic E-state index is 0.173. The van der Waals surface area contributed by atoms with Crippen LogP contribution in [0.25, 0.3) is 10.9 Å². The monoisotopic (exact) mass is 368 g/mol. The quantitative estimate of drug-likeness (QED) is 0.721. The van der Waals surface area contributed by atoms with Gasteiger partial charge in [-0.25, -0.2) is 4.39 Å². The number of carbonyl (C=O) groups is 1. The summed E-state index contributed by atoms with van der Waals surface area (Å²) in [4.78, 5) is 29.7. The molecule has 1 aromatic heterocycles. The topological polar surface area (TPSA) is 62.4 Å². The van der Waals surface area contributed by atoms with Crippen LogP contribution in [0, 0.1) is 5.82 Å². The highest BCUT2D eigenvalue weighted by atomic mass is 19.1. The molecule has 3 aromatic rings. The Bertz CT molecular complexity index is 1010. The maximum Gasteiger partial charge on any atom is 0.254 e. The SMILES string of the molecule is CCCN(Cc1cc2cc(OC)ccc2[nH]c1=O)C(=O)c1ccc(F)cc1. The van der Waals surface area contributed by atoms with Gasteiger partial charge in [0.2, 0.25) is 0 Å². The van der Waals surface area contributed by atoms with Gasteiger partial charge in [0.25, 0.3) is 11.5 Å². The maximum atomic E-state index is 13.1. The molecule has 140 valence electrons. The Labute approximate surface area is 156 Å². The summed E-state index contributed by atoms with van der Waals surface area (Å²) in [6.45, 7) is 2.62. The molecule has 2 aromatic carbocycles. The van der Waals surface area contributed by atoms with Gasteiger partial charge in [0, 0.05) is 28.6 Å². The summed E-state index contributed by atoms with van der Waals surface area (Å²) >= 11 is 0. The van der Waals surface area contributed by atoms with Crippen molar-refractivity contribution in [3.63, 3.8) is 0 Å². The lowest BCUT2D eigenvalue weighted by Crippen LogP contribution is -2.33. The van der Waals surface area contributed by atoms with E-state index >= 15 is 0 Å². The van der Waals surface area contributed by atoms with Crippen molar-refractivity contribution in [2.24, 2.45) is 0 Å². The zero-order valence-electron chi connectivity index (χ0n) is 15.3. The van der Waals surface area contributed by atoms with E-state index in [2.05, 4.69) is 4.98 Å². The molecule has 6 heteroatoms. The van der Waals surface area contributed by atoms with E-state index < -0.39 is 5.82 Å². The summed E-state index contributed by atoms with van der Waals surface area (Å²) in [5.41, 5.74) is 1.35. The number of nitrogens with one attached hydrogen (secondary N) is 1. The Kier molecular flexibility index (Phi) is 5.54. The molecule has 5 nitrogen and oxygen atoms in total. The second-order valence-electron chi connectivity index (χ2n) is 6.31. The van der Waals surface area contributed by atoms with E-state index in [1.54, 1.807) is 30.2 Å². The molecule has 0 fully saturated rings. The van der Waals surface area contributed by atoms with Crippen molar-refractivity contribution >= 4 is 16.8 Å². The lowest BCUT2D eigenvalue weighted by Gasteiger charge is -2.22. The second-order valence-corrected chi connectivity index (χ2v) is 6.31. The molecule has 0 unspecified atom stereocenters. The minimum atomic E-state index is -0.395. The molecule has 0 bridgehead atoms. The van der Waals surface area contributed by atoms with E-state index in [4.69, 9.17) is 4.74 Å². The van der Waals surface area contributed by atoms with Gasteiger partial charge in [-0.3, -0.25) is 9.59 Å². The fraction of sp³-hybridized carbons (Fsp3) is 0.238. The number of H-pyrrole nitrogens is 1. The number of methoxy groups -OCH3 is 1. The summed E-state index contributed by atoms with van der Waals surface area (Å²) in [5, 5.41) is 0.828. The van der Waals surface area contributed by atoms with Crippen molar-refractivity contribution in [3.8, 4) is 5.75 Å². The van der Waals surface area contributed by atoms with Gasteiger partial charge >= 0.3 is 0 Å². The number of ether oxygens (including phenoxy) is 1. The molecule has 27 heavy (non-hydrogen) atoms. The lowest BCUT2D eigenvalue weighted by atomic mass is 10.1. The second kappa shape index (κ2) is 8.03. The van der Waals surface area contributed by atoms with Gasteiger partial charge in [-0.2, -0.15) is 0 Å². The average Bonchev–Trinajstić information content (AvgIpc) is 2.67. The largest absolute Gasteiger partial charge is 0.497 e. The summed E-state index contributed by atoms with van der Waals surface area (Å²) in [7, 11) is 1.58. The molecule has 1 N–H and O–H groups in total. The Morgan fingerprint density at radius 1 is 1.15 bits per heavy atom. The van der Waals surface area contributed by atoms with E-state index in [9.17, 15) is 14.0 Å². The molecule has 3 rings (SSSR count). The van der Waals surface area contributed by atoms with Crippen LogP contribution in [0.15, 0.2) is 53.3 Å². The van der Waals surface area contributed by atoms with Crippen LogP contribution >= 0.6 is 0 Å². The highest BCUT2D eigenvalue weighted by molar-refractivity contribution is 5.94. The third-order valence-electron chi connectivity index (χ3n) is 4.36. The van der Waals surface area contributed by atoms with E-state index in [-0.39, 0.29) is 18.0 Å². The number of pyridine rings is 1. The van der Waals surface area contributed by atoms with E-state index in [1.165, 1.54) is 24.3 Å². The van der Waals surface area contributed by atoms with Crippen molar-refractivity contribution in [2.45, 2.75) is 19.9 Å². The zero-order chi connectivity index (χ0) is 19.4. The molecule has 0 saturated carbocycles. The normalized spacial score (nSPS) is 10.8. The van der Waals surface area contributed by atoms with Crippen LogP contribution in [0.5, 0.6) is 5.75 Å². The number of halogens is 1. The number of aromatic amines is 1. The Balaban J connectivity index is 1.93. The smallest absolute Gasteiger partial charge is 0.254 e. The maximum absolute atomic E-state index is 13.1. The van der Waals surface area contributed by atoms with Gasteiger partial charge in [-0.15, -0.1) is 0 Å². The number of rotatable bonds is 6. The van der Waals surface area contributed by atoms with Crippen LogP contribution in [-0.2, 0) is 6.54 Å². The van der Waals surface area contributed by atoms with Crippen molar-refractivity contribution in [3.05, 3.63) is 75.8 Å². The van der Waals surface area contributed by atoms with Crippen LogP contribution in [0.4, 0.5) is 4.39 Å². The Morgan fingerprint density at radius 3 is 2.56 bits per heavy atom. The number of aromatic nitrogens is 1. The number of fused-ring (bicyclic) bond motifs is 1. The van der Waals surface area contributed by atoms with E-state index in [1.807, 2.05) is 13.0 Å². The molecule has 0 radical (unpaired) electrons. The first-order chi connectivity index (χ1) is 13.0. The number of hydrogen-bond donors (Lipinski definition) is 1. The van der Waals surface area contributed by atoms with Crippen molar-refractivity contribution < 1.29 is 13.9 Å². The molecule has 0 saturated heterocycles. The van der Waals surface area contributed by atoms with Crippen LogP contribution in [-0.4, -0.2) is 29.4 Å². The minimum Gasteiger partial charge on any atom is -0.497 e. The molecule has 0 spiro atoms. The van der Waals surface area contributed by atoms with Gasteiger partial charge in [-0.1, -0.05) is 6.92 Å². The number of nitrogens with zero attached hydrogens (tertiary/aromatic N) is 1. The number of benzene rings is 2. The predicted molar refractivity (Wildman–Crippen MR) is 103 cm³/mol. The predicted octanol–water partition coefficient (Wildman–Crippen LogP) is 3.73. The summed E-state index contributed by atoms with van der Waals surface area (Å²) in [6, 6.07) is 12.6. The number of amides is 1. The van der Waals surface area contributed by atoms with Crippen LogP contribution in [0.2, 0.25) is 0 Å². The third kappa shape index (κ3) is 4.16. The van der Waals surface area contributed by atoms with Gasteiger partial charge in [0.05, 0.1) is 13.7 Å². The summed E-state index contributed by atoms with van der Waals surface area (Å²) in [5.74, 6) is 0.0591. The first-order valence-corrected chi connectivity index (χ1v) is 8.76. The van der Waals surface area contributed by atoms with Crippen LogP contribution in [0.3, 0.4) is 0 Å². The first kappa shape index (κ1) is 18.6. The van der Waals surface area contributed by atoms with Crippen molar-refractivity contribution in [2.75, 3.05) is 13.7 Å². The van der Waals surface area contributed by atoms with E-state index in [0.29, 0.717) is 28.9 Å². The molecule has 1 amide bonds. The lowest BCUT2D eigenvalue weighted by molar-refractivity contribution is 0.0742. The molecule has 0 aliphatic heterocycles. The highest BCUT2D eigenvalue weighted by Crippen LogP contribution is 2.19. The number of hydrogen-bond acceptors (Lipinski definition) is 3. The van der Waals surface area contributed by atoms with Gasteiger partial charge in [0.15, 0.2) is 0 Å². The molecule has 0 atom stereocenters. The first-order valence-electron chi connectivity index (χ1n) is 8.76.